The van der Waals surface area contributed by atoms with Crippen molar-refractivity contribution in [1.29, 1.82) is 0 Å². The lowest BCUT2D eigenvalue weighted by atomic mass is 10.2. The number of nitrogens with zero attached hydrogens (tertiary/aromatic N) is 2. The Kier molecular flexibility index (Phi) is 3.98. The Hall–Kier alpha value is -2.53. The molecule has 0 aliphatic rings. The summed E-state index contributed by atoms with van der Waals surface area (Å²) in [5.74, 6) is -0.133. The summed E-state index contributed by atoms with van der Waals surface area (Å²) in [4.78, 5) is 21.8. The average Bonchev–Trinajstić information content (AvgIpc) is 2.92. The smallest absolute Gasteiger partial charge is 0.267 e. The van der Waals surface area contributed by atoms with Crippen LogP contribution >= 0.6 is 11.3 Å². The van der Waals surface area contributed by atoms with Crippen molar-refractivity contribution < 1.29 is 4.79 Å². The van der Waals surface area contributed by atoms with Gasteiger partial charge in [-0.25, -0.2) is 4.98 Å². The minimum Gasteiger partial charge on any atom is -0.321 e. The molecule has 0 fully saturated rings. The molecular weight excluding hydrogens is 294 g/mol. The molecule has 0 aliphatic heterocycles. The number of aryl methyl sites for hydroxylation is 2. The van der Waals surface area contributed by atoms with Crippen molar-refractivity contribution >= 4 is 22.9 Å². The molecule has 1 N–H and O–H groups in total. The van der Waals surface area contributed by atoms with E-state index in [1.165, 1.54) is 11.3 Å². The Morgan fingerprint density at radius 1 is 1.09 bits per heavy atom. The number of para-hydroxylation sites is 1. The Morgan fingerprint density at radius 3 is 2.59 bits per heavy atom. The highest BCUT2D eigenvalue weighted by molar-refractivity contribution is 7.17. The predicted molar refractivity (Wildman–Crippen MR) is 89.2 cm³/mol. The number of carbonyl (C=O) groups is 1. The van der Waals surface area contributed by atoms with Crippen molar-refractivity contribution in [2.45, 2.75) is 13.8 Å². The van der Waals surface area contributed by atoms with Gasteiger partial charge in [-0.1, -0.05) is 24.3 Å². The van der Waals surface area contributed by atoms with Crippen molar-refractivity contribution in [3.63, 3.8) is 0 Å². The molecule has 0 spiro atoms. The summed E-state index contributed by atoms with van der Waals surface area (Å²) in [6.07, 6.45) is 1.72. The zero-order chi connectivity index (χ0) is 15.5. The van der Waals surface area contributed by atoms with Crippen LogP contribution < -0.4 is 5.32 Å². The molecule has 110 valence electrons. The van der Waals surface area contributed by atoms with E-state index in [2.05, 4.69) is 15.3 Å². The van der Waals surface area contributed by atoms with E-state index in [0.29, 0.717) is 4.88 Å². The number of hydrogen-bond acceptors (Lipinski definition) is 4. The van der Waals surface area contributed by atoms with Crippen LogP contribution in [0, 0.1) is 13.8 Å². The zero-order valence-corrected chi connectivity index (χ0v) is 13.1. The van der Waals surface area contributed by atoms with Crippen LogP contribution in [0.25, 0.3) is 10.7 Å². The highest BCUT2D eigenvalue weighted by Gasteiger charge is 2.17. The highest BCUT2D eigenvalue weighted by atomic mass is 32.1. The largest absolute Gasteiger partial charge is 0.321 e. The third-order valence-corrected chi connectivity index (χ3v) is 4.46. The lowest BCUT2D eigenvalue weighted by molar-refractivity contribution is 0.102. The fraction of sp³-hybridized carbons (Fsp3) is 0.118. The van der Waals surface area contributed by atoms with E-state index in [9.17, 15) is 4.79 Å². The first kappa shape index (κ1) is 14.4. The number of hydrogen-bond donors (Lipinski definition) is 1. The molecule has 0 bridgehead atoms. The maximum atomic E-state index is 12.5. The number of benzene rings is 1. The van der Waals surface area contributed by atoms with Crippen molar-refractivity contribution in [3.05, 3.63) is 64.8 Å². The molecule has 0 aliphatic carbocycles. The molecule has 3 aromatic rings. The molecule has 3 rings (SSSR count). The van der Waals surface area contributed by atoms with Crippen molar-refractivity contribution in [2.24, 2.45) is 0 Å². The van der Waals surface area contributed by atoms with E-state index in [1.54, 1.807) is 6.20 Å². The van der Waals surface area contributed by atoms with Crippen molar-refractivity contribution in [2.75, 3.05) is 5.32 Å². The summed E-state index contributed by atoms with van der Waals surface area (Å²) in [5, 5.41) is 3.70. The first-order chi connectivity index (χ1) is 10.6. The van der Waals surface area contributed by atoms with Gasteiger partial charge in [0.15, 0.2) is 0 Å². The van der Waals surface area contributed by atoms with Crippen LogP contribution in [0.1, 0.15) is 20.9 Å². The molecule has 22 heavy (non-hydrogen) atoms. The number of pyridine rings is 1. The second-order valence-electron chi connectivity index (χ2n) is 4.92. The van der Waals surface area contributed by atoms with Gasteiger partial charge in [0.1, 0.15) is 9.88 Å². The molecule has 2 heterocycles. The summed E-state index contributed by atoms with van der Waals surface area (Å²) in [7, 11) is 0. The zero-order valence-electron chi connectivity index (χ0n) is 12.3. The van der Waals surface area contributed by atoms with E-state index in [1.807, 2.05) is 56.3 Å². The predicted octanol–water partition coefficient (Wildman–Crippen LogP) is 4.07. The number of anilines is 1. The molecule has 0 saturated carbocycles. The van der Waals surface area contributed by atoms with E-state index in [0.717, 1.165) is 27.6 Å². The first-order valence-corrected chi connectivity index (χ1v) is 7.72. The second kappa shape index (κ2) is 6.07. The Labute approximate surface area is 132 Å². The number of thiazole rings is 1. The number of nitrogens with one attached hydrogen (secondary N) is 1. The Bertz CT molecular complexity index is 812. The van der Waals surface area contributed by atoms with Gasteiger partial charge in [-0.3, -0.25) is 9.78 Å². The maximum absolute atomic E-state index is 12.5. The molecule has 0 atom stereocenters. The quantitative estimate of drug-likeness (QED) is 0.793. The number of aromatic nitrogens is 2. The van der Waals surface area contributed by atoms with E-state index in [-0.39, 0.29) is 5.91 Å². The topological polar surface area (TPSA) is 54.9 Å². The summed E-state index contributed by atoms with van der Waals surface area (Å²) in [6, 6.07) is 13.4. The molecule has 0 radical (unpaired) electrons. The maximum Gasteiger partial charge on any atom is 0.267 e. The van der Waals surface area contributed by atoms with Gasteiger partial charge in [0, 0.05) is 11.9 Å². The van der Waals surface area contributed by atoms with Crippen LogP contribution in [0.3, 0.4) is 0 Å². The molecule has 2 aromatic heterocycles. The summed E-state index contributed by atoms with van der Waals surface area (Å²) < 4.78 is 0. The molecule has 5 heteroatoms. The fourth-order valence-corrected chi connectivity index (χ4v) is 3.04. The van der Waals surface area contributed by atoms with Crippen LogP contribution in [-0.4, -0.2) is 15.9 Å². The van der Waals surface area contributed by atoms with Crippen LogP contribution in [0.15, 0.2) is 48.7 Å². The summed E-state index contributed by atoms with van der Waals surface area (Å²) in [6.45, 7) is 3.81. The normalized spacial score (nSPS) is 10.5. The van der Waals surface area contributed by atoms with Crippen molar-refractivity contribution in [1.82, 2.24) is 9.97 Å². The summed E-state index contributed by atoms with van der Waals surface area (Å²) >= 11 is 1.36. The van der Waals surface area contributed by atoms with E-state index < -0.39 is 0 Å². The van der Waals surface area contributed by atoms with Crippen LogP contribution in [0.2, 0.25) is 0 Å². The van der Waals surface area contributed by atoms with Gasteiger partial charge in [-0.2, -0.15) is 0 Å². The van der Waals surface area contributed by atoms with Gasteiger partial charge >= 0.3 is 0 Å². The minimum absolute atomic E-state index is 0.133. The standard InChI is InChI=1S/C17H15N3OS/c1-11-7-3-4-8-13(11)20-16(21)15-12(2)19-17(22-15)14-9-5-6-10-18-14/h3-10H,1-2H3,(H,20,21). The lowest BCUT2D eigenvalue weighted by Gasteiger charge is -2.06. The van der Waals surface area contributed by atoms with Gasteiger partial charge in [0.2, 0.25) is 0 Å². The average molecular weight is 309 g/mol. The summed E-state index contributed by atoms with van der Waals surface area (Å²) in [5.41, 5.74) is 3.35. The molecule has 1 amide bonds. The van der Waals surface area contributed by atoms with Crippen LogP contribution in [-0.2, 0) is 0 Å². The second-order valence-corrected chi connectivity index (χ2v) is 5.92. The fourth-order valence-electron chi connectivity index (χ4n) is 2.10. The number of carbonyl (C=O) groups excluding carboxylic acids is 1. The molecule has 1 aromatic carbocycles. The van der Waals surface area contributed by atoms with E-state index in [4.69, 9.17) is 0 Å². The molecular formula is C17H15N3OS. The highest BCUT2D eigenvalue weighted by Crippen LogP contribution is 2.27. The van der Waals surface area contributed by atoms with Gasteiger partial charge < -0.3 is 5.32 Å². The van der Waals surface area contributed by atoms with Crippen LogP contribution in [0.4, 0.5) is 5.69 Å². The van der Waals surface area contributed by atoms with Crippen LogP contribution in [0.5, 0.6) is 0 Å². The number of rotatable bonds is 3. The number of amides is 1. The van der Waals surface area contributed by atoms with Gasteiger partial charge in [0.05, 0.1) is 11.4 Å². The third kappa shape index (κ3) is 2.89. The SMILES string of the molecule is Cc1ccccc1NC(=O)c1sc(-c2ccccn2)nc1C. The van der Waals surface area contributed by atoms with Gasteiger partial charge in [-0.15, -0.1) is 11.3 Å². The van der Waals surface area contributed by atoms with Gasteiger partial charge in [-0.05, 0) is 37.6 Å². The third-order valence-electron chi connectivity index (χ3n) is 3.28. The monoisotopic (exact) mass is 309 g/mol. The van der Waals surface area contributed by atoms with Gasteiger partial charge in [0.25, 0.3) is 5.91 Å². The molecule has 0 saturated heterocycles. The molecule has 4 nitrogen and oxygen atoms in total. The Morgan fingerprint density at radius 2 is 1.86 bits per heavy atom. The first-order valence-electron chi connectivity index (χ1n) is 6.91. The van der Waals surface area contributed by atoms with Crippen molar-refractivity contribution in [3.8, 4) is 10.7 Å². The molecule has 0 unspecified atom stereocenters. The Balaban J connectivity index is 1.88. The van der Waals surface area contributed by atoms with E-state index >= 15 is 0 Å². The lowest BCUT2D eigenvalue weighted by Crippen LogP contribution is -2.12. The minimum atomic E-state index is -0.133.